The van der Waals surface area contributed by atoms with E-state index in [4.69, 9.17) is 9.47 Å². The molecule has 3 rings (SSSR count). The van der Waals surface area contributed by atoms with Gasteiger partial charge in [0.05, 0.1) is 24.7 Å². The summed E-state index contributed by atoms with van der Waals surface area (Å²) in [5.74, 6) is 1.40. The second kappa shape index (κ2) is 8.62. The first kappa shape index (κ1) is 20.2. The van der Waals surface area contributed by atoms with Gasteiger partial charge in [0.2, 0.25) is 0 Å². The Labute approximate surface area is 165 Å². The van der Waals surface area contributed by atoms with E-state index >= 15 is 0 Å². The Bertz CT molecular complexity index is 941. The summed E-state index contributed by atoms with van der Waals surface area (Å²) in [5.41, 5.74) is 0.442. The molecule has 0 bridgehead atoms. The molecule has 0 unspecified atom stereocenters. The van der Waals surface area contributed by atoms with Crippen molar-refractivity contribution in [3.8, 4) is 21.9 Å². The Balaban J connectivity index is 1.70. The molecule has 28 heavy (non-hydrogen) atoms. The minimum Gasteiger partial charge on any atom is -0.497 e. The maximum atomic E-state index is 13.1. The number of halogens is 3. The van der Waals surface area contributed by atoms with Crippen LogP contribution in [0.3, 0.4) is 0 Å². The van der Waals surface area contributed by atoms with E-state index in [-0.39, 0.29) is 12.1 Å². The van der Waals surface area contributed by atoms with Gasteiger partial charge in [-0.2, -0.15) is 13.2 Å². The van der Waals surface area contributed by atoms with Crippen molar-refractivity contribution in [3.05, 3.63) is 64.8 Å². The van der Waals surface area contributed by atoms with Gasteiger partial charge in [-0.3, -0.25) is 0 Å². The maximum Gasteiger partial charge on any atom is 0.416 e. The van der Waals surface area contributed by atoms with Crippen LogP contribution >= 0.6 is 11.3 Å². The fourth-order valence-electron chi connectivity index (χ4n) is 2.78. The van der Waals surface area contributed by atoms with Gasteiger partial charge < -0.3 is 14.8 Å². The fraction of sp³-hybridized carbons (Fsp3) is 0.250. The minimum atomic E-state index is -4.37. The molecular weight excluding hydrogens is 389 g/mol. The number of thiazole rings is 1. The number of aromatic nitrogens is 1. The molecule has 3 aromatic rings. The third-order valence-corrected chi connectivity index (χ3v) is 5.17. The first-order valence-electron chi connectivity index (χ1n) is 8.45. The maximum absolute atomic E-state index is 13.1. The molecule has 0 saturated heterocycles. The van der Waals surface area contributed by atoms with E-state index in [2.05, 4.69) is 10.3 Å². The van der Waals surface area contributed by atoms with Gasteiger partial charge in [0, 0.05) is 24.8 Å². The molecule has 2 aromatic carbocycles. The zero-order valence-corrected chi connectivity index (χ0v) is 16.2. The van der Waals surface area contributed by atoms with E-state index in [9.17, 15) is 13.2 Å². The molecule has 1 aromatic heterocycles. The molecule has 0 amide bonds. The molecule has 0 saturated carbocycles. The number of hydrogen-bond acceptors (Lipinski definition) is 5. The van der Waals surface area contributed by atoms with Crippen molar-refractivity contribution >= 4 is 11.3 Å². The number of methoxy groups -OCH3 is 2. The van der Waals surface area contributed by atoms with Gasteiger partial charge >= 0.3 is 6.18 Å². The van der Waals surface area contributed by atoms with Crippen LogP contribution < -0.4 is 14.8 Å². The number of hydrogen-bond donors (Lipinski definition) is 1. The Hall–Kier alpha value is -2.58. The third-order valence-electron chi connectivity index (χ3n) is 4.14. The SMILES string of the molecule is COc1ccc(OC)c(-c2cnc(CNCc3ccccc3C(F)(F)F)s2)c1. The number of nitrogens with one attached hydrogen (secondary N) is 1. The van der Waals surface area contributed by atoms with Crippen molar-refractivity contribution in [3.63, 3.8) is 0 Å². The Morgan fingerprint density at radius 2 is 1.82 bits per heavy atom. The van der Waals surface area contributed by atoms with Gasteiger partial charge in [-0.05, 0) is 29.8 Å². The lowest BCUT2D eigenvalue weighted by atomic mass is 10.1. The van der Waals surface area contributed by atoms with Gasteiger partial charge in [-0.25, -0.2) is 4.98 Å². The number of nitrogens with zero attached hydrogens (tertiary/aromatic N) is 1. The van der Waals surface area contributed by atoms with E-state index in [0.717, 1.165) is 21.5 Å². The highest BCUT2D eigenvalue weighted by Gasteiger charge is 2.32. The molecule has 0 radical (unpaired) electrons. The highest BCUT2D eigenvalue weighted by atomic mass is 32.1. The molecule has 0 aliphatic heterocycles. The number of rotatable bonds is 7. The van der Waals surface area contributed by atoms with E-state index in [1.807, 2.05) is 18.2 Å². The molecule has 0 fully saturated rings. The number of benzene rings is 2. The first-order chi connectivity index (χ1) is 13.4. The lowest BCUT2D eigenvalue weighted by molar-refractivity contribution is -0.138. The molecule has 1 N–H and O–H groups in total. The molecule has 0 atom stereocenters. The molecule has 1 heterocycles. The number of alkyl halides is 3. The van der Waals surface area contributed by atoms with E-state index in [0.29, 0.717) is 18.0 Å². The lowest BCUT2D eigenvalue weighted by Gasteiger charge is -2.12. The van der Waals surface area contributed by atoms with Crippen LogP contribution in [0.25, 0.3) is 10.4 Å². The summed E-state index contributed by atoms with van der Waals surface area (Å²) >= 11 is 1.45. The highest BCUT2D eigenvalue weighted by molar-refractivity contribution is 7.15. The van der Waals surface area contributed by atoms with Gasteiger partial charge in [-0.15, -0.1) is 11.3 Å². The van der Waals surface area contributed by atoms with E-state index < -0.39 is 11.7 Å². The predicted molar refractivity (Wildman–Crippen MR) is 103 cm³/mol. The summed E-state index contributed by atoms with van der Waals surface area (Å²) in [6.07, 6.45) is -2.64. The van der Waals surface area contributed by atoms with E-state index in [1.165, 1.54) is 23.5 Å². The average molecular weight is 408 g/mol. The van der Waals surface area contributed by atoms with Crippen LogP contribution in [0, 0.1) is 0 Å². The van der Waals surface area contributed by atoms with Gasteiger partial charge in [0.15, 0.2) is 0 Å². The first-order valence-corrected chi connectivity index (χ1v) is 9.27. The summed E-state index contributed by atoms with van der Waals surface area (Å²) in [7, 11) is 3.18. The van der Waals surface area contributed by atoms with Crippen molar-refractivity contribution in [2.45, 2.75) is 19.3 Å². The lowest BCUT2D eigenvalue weighted by Crippen LogP contribution is -2.17. The van der Waals surface area contributed by atoms with Gasteiger partial charge in [-0.1, -0.05) is 18.2 Å². The quantitative estimate of drug-likeness (QED) is 0.588. The standard InChI is InChI=1S/C20H19F3N2O2S/c1-26-14-7-8-17(27-2)15(9-14)18-11-25-19(28-18)12-24-10-13-5-3-4-6-16(13)20(21,22)23/h3-9,11,24H,10,12H2,1-2H3. The molecular formula is C20H19F3N2O2S. The van der Waals surface area contributed by atoms with Crippen molar-refractivity contribution in [2.75, 3.05) is 14.2 Å². The molecule has 4 nitrogen and oxygen atoms in total. The summed E-state index contributed by atoms with van der Waals surface area (Å²) in [6, 6.07) is 11.1. The largest absolute Gasteiger partial charge is 0.497 e. The monoisotopic (exact) mass is 408 g/mol. The van der Waals surface area contributed by atoms with Crippen molar-refractivity contribution in [1.82, 2.24) is 10.3 Å². The topological polar surface area (TPSA) is 43.4 Å². The molecule has 0 aliphatic carbocycles. The molecule has 0 spiro atoms. The van der Waals surface area contributed by atoms with Crippen molar-refractivity contribution in [2.24, 2.45) is 0 Å². The minimum absolute atomic E-state index is 0.104. The summed E-state index contributed by atoms with van der Waals surface area (Å²) in [4.78, 5) is 5.26. The molecule has 8 heteroatoms. The van der Waals surface area contributed by atoms with Gasteiger partial charge in [0.25, 0.3) is 0 Å². The van der Waals surface area contributed by atoms with Crippen LogP contribution in [0.5, 0.6) is 11.5 Å². The average Bonchev–Trinajstić information content (AvgIpc) is 3.16. The third kappa shape index (κ3) is 4.63. The van der Waals surface area contributed by atoms with Crippen molar-refractivity contribution < 1.29 is 22.6 Å². The van der Waals surface area contributed by atoms with Crippen LogP contribution in [-0.2, 0) is 19.3 Å². The zero-order valence-electron chi connectivity index (χ0n) is 15.3. The summed E-state index contributed by atoms with van der Waals surface area (Å²) in [5, 5.41) is 3.81. The molecule has 148 valence electrons. The number of ether oxygens (including phenoxy) is 2. The fourth-order valence-corrected chi connectivity index (χ4v) is 3.69. The predicted octanol–water partition coefficient (Wildman–Crippen LogP) is 5.14. The Morgan fingerprint density at radius 1 is 1.04 bits per heavy atom. The zero-order chi connectivity index (χ0) is 20.1. The van der Waals surface area contributed by atoms with Crippen LogP contribution in [0.1, 0.15) is 16.1 Å². The second-order valence-corrected chi connectivity index (χ2v) is 7.06. The van der Waals surface area contributed by atoms with Crippen LogP contribution in [0.4, 0.5) is 13.2 Å². The molecule has 0 aliphatic rings. The summed E-state index contributed by atoms with van der Waals surface area (Å²) < 4.78 is 49.8. The normalized spacial score (nSPS) is 11.5. The second-order valence-electron chi connectivity index (χ2n) is 5.94. The van der Waals surface area contributed by atoms with Crippen LogP contribution in [0.15, 0.2) is 48.7 Å². The van der Waals surface area contributed by atoms with Crippen LogP contribution in [0.2, 0.25) is 0 Å². The smallest absolute Gasteiger partial charge is 0.416 e. The Morgan fingerprint density at radius 3 is 2.54 bits per heavy atom. The van der Waals surface area contributed by atoms with Crippen LogP contribution in [-0.4, -0.2) is 19.2 Å². The van der Waals surface area contributed by atoms with E-state index in [1.54, 1.807) is 26.5 Å². The Kier molecular flexibility index (Phi) is 6.21. The summed E-state index contributed by atoms with van der Waals surface area (Å²) in [6.45, 7) is 0.468. The van der Waals surface area contributed by atoms with Gasteiger partial charge in [0.1, 0.15) is 16.5 Å². The van der Waals surface area contributed by atoms with Crippen molar-refractivity contribution in [1.29, 1.82) is 0 Å². The highest BCUT2D eigenvalue weighted by Crippen LogP contribution is 2.36.